The molecule has 4 nitrogen and oxygen atoms in total. The standard InChI is InChI=1S/C40H36N2OSi2.C18H12BrN/c1-44(2,31-25-21-29(22-26-31)41-37-17-9-5-13-33(37)34-14-6-10-18-38(34)41)43-45(3,4)32-27-23-30(24-28-32)42-39-19-11-7-15-35(39)36-16-8-12-20-40(36)42;19-13-9-11-14(12-10-13)20-17-7-3-1-5-15(17)16-6-2-4-8-18(16)20/h5-28H,1-4H3;1-12H. The van der Waals surface area contributed by atoms with Crippen LogP contribution < -0.4 is 10.4 Å². The first-order valence-corrected chi connectivity index (χ1v) is 28.9. The van der Waals surface area contributed by atoms with Gasteiger partial charge >= 0.3 is 0 Å². The summed E-state index contributed by atoms with van der Waals surface area (Å²) in [5.41, 5.74) is 11.0. The van der Waals surface area contributed by atoms with Crippen LogP contribution in [0.3, 0.4) is 0 Å². The second-order valence-electron chi connectivity index (χ2n) is 17.8. The van der Waals surface area contributed by atoms with Crippen LogP contribution in [0.15, 0.2) is 223 Å². The molecule has 0 aliphatic carbocycles. The molecule has 3 heterocycles. The zero-order valence-corrected chi connectivity index (χ0v) is 40.5. The highest BCUT2D eigenvalue weighted by atomic mass is 79.9. The smallest absolute Gasteiger partial charge is 0.206 e. The van der Waals surface area contributed by atoms with E-state index in [9.17, 15) is 0 Å². The second-order valence-corrected chi connectivity index (χ2v) is 26.7. The topological polar surface area (TPSA) is 24.0 Å². The van der Waals surface area contributed by atoms with Crippen LogP contribution in [0.2, 0.25) is 26.2 Å². The van der Waals surface area contributed by atoms with E-state index < -0.39 is 16.6 Å². The third-order valence-corrected chi connectivity index (χ3v) is 21.0. The lowest BCUT2D eigenvalue weighted by molar-refractivity contribution is 0.573. The predicted octanol–water partition coefficient (Wildman–Crippen LogP) is 15.0. The Labute approximate surface area is 390 Å². The van der Waals surface area contributed by atoms with Crippen LogP contribution >= 0.6 is 15.9 Å². The van der Waals surface area contributed by atoms with Gasteiger partial charge in [-0.25, -0.2) is 0 Å². The van der Waals surface area contributed by atoms with E-state index in [1.165, 1.54) is 92.9 Å². The molecule has 65 heavy (non-hydrogen) atoms. The predicted molar refractivity (Wildman–Crippen MR) is 285 cm³/mol. The second kappa shape index (κ2) is 16.4. The van der Waals surface area contributed by atoms with E-state index in [1.807, 2.05) is 0 Å². The van der Waals surface area contributed by atoms with E-state index in [-0.39, 0.29) is 0 Å². The van der Waals surface area contributed by atoms with Crippen LogP contribution in [-0.2, 0) is 4.12 Å². The number of fused-ring (bicyclic) bond motifs is 9. The lowest BCUT2D eigenvalue weighted by atomic mass is 10.2. The van der Waals surface area contributed by atoms with Gasteiger partial charge in [0.2, 0.25) is 16.6 Å². The maximum absolute atomic E-state index is 7.20. The minimum absolute atomic E-state index is 1.10. The molecule has 0 saturated heterocycles. The van der Waals surface area contributed by atoms with Crippen LogP contribution in [0.1, 0.15) is 0 Å². The van der Waals surface area contributed by atoms with E-state index >= 15 is 0 Å². The first-order valence-electron chi connectivity index (χ1n) is 22.3. The van der Waals surface area contributed by atoms with Crippen LogP contribution in [0.25, 0.3) is 82.5 Å². The molecule has 0 N–H and O–H groups in total. The number of halogens is 1. The van der Waals surface area contributed by atoms with Crippen molar-refractivity contribution in [1.82, 2.24) is 13.7 Å². The lowest BCUT2D eigenvalue weighted by Crippen LogP contribution is -2.57. The minimum Gasteiger partial charge on any atom is -0.449 e. The number of nitrogens with zero attached hydrogens (tertiary/aromatic N) is 3. The number of rotatable bonds is 7. The Hall–Kier alpha value is -6.75. The number of para-hydroxylation sites is 6. The molecule has 0 atom stereocenters. The Morgan fingerprint density at radius 1 is 0.292 bits per heavy atom. The molecular weight excluding hydrogens is 891 g/mol. The Bertz CT molecular complexity index is 3370. The normalized spacial score (nSPS) is 12.1. The largest absolute Gasteiger partial charge is 0.449 e. The molecule has 0 aliphatic rings. The summed E-state index contributed by atoms with van der Waals surface area (Å²) in [7, 11) is -4.41. The van der Waals surface area contributed by atoms with Gasteiger partial charge in [0.1, 0.15) is 0 Å². The quantitative estimate of drug-likeness (QED) is 0.146. The van der Waals surface area contributed by atoms with Crippen LogP contribution in [0, 0.1) is 0 Å². The SMILES string of the molecule is Brc1ccc(-n2c3ccccc3c3ccccc32)cc1.C[Si](C)(O[Si](C)(C)c1ccc(-n2c3ccccc3c3ccccc32)cc1)c1ccc(-n2c3ccccc3c3ccccc32)cc1. The monoisotopic (exact) mass is 937 g/mol. The first kappa shape index (κ1) is 41.0. The Kier molecular flexibility index (Phi) is 10.3. The van der Waals surface area contributed by atoms with E-state index in [0.29, 0.717) is 0 Å². The summed E-state index contributed by atoms with van der Waals surface area (Å²) in [6.45, 7) is 9.35. The van der Waals surface area contributed by atoms with Crippen LogP contribution in [0.4, 0.5) is 0 Å². The number of benzene rings is 9. The van der Waals surface area contributed by atoms with Crippen molar-refractivity contribution in [2.75, 3.05) is 0 Å². The van der Waals surface area contributed by atoms with Gasteiger partial charge in [0.05, 0.1) is 33.1 Å². The molecular formula is C58H48BrN3OSi2. The van der Waals surface area contributed by atoms with Gasteiger partial charge in [0.25, 0.3) is 0 Å². The maximum Gasteiger partial charge on any atom is 0.206 e. The van der Waals surface area contributed by atoms with Crippen molar-refractivity contribution in [2.24, 2.45) is 0 Å². The lowest BCUT2D eigenvalue weighted by Gasteiger charge is -2.34. The molecule has 0 saturated carbocycles. The number of aromatic nitrogens is 3. The summed E-state index contributed by atoms with van der Waals surface area (Å²) in [6, 6.07) is 78.5. The van der Waals surface area contributed by atoms with Crippen LogP contribution in [-0.4, -0.2) is 30.3 Å². The third kappa shape index (κ3) is 7.25. The highest BCUT2D eigenvalue weighted by Crippen LogP contribution is 2.35. The van der Waals surface area contributed by atoms with Gasteiger partial charge in [0.15, 0.2) is 0 Å². The molecule has 0 amide bonds. The summed E-state index contributed by atoms with van der Waals surface area (Å²) in [4.78, 5) is 0. The molecule has 9 aromatic carbocycles. The maximum atomic E-state index is 7.20. The molecule has 7 heteroatoms. The molecule has 0 unspecified atom stereocenters. The van der Waals surface area contributed by atoms with Crippen molar-refractivity contribution in [3.8, 4) is 17.1 Å². The Morgan fingerprint density at radius 2 is 0.508 bits per heavy atom. The van der Waals surface area contributed by atoms with Gasteiger partial charge in [-0.2, -0.15) is 0 Å². The summed E-state index contributed by atoms with van der Waals surface area (Å²) in [6.07, 6.45) is 0. The van der Waals surface area contributed by atoms with E-state index in [2.05, 4.69) is 274 Å². The fraction of sp³-hybridized carbons (Fsp3) is 0.0690. The van der Waals surface area contributed by atoms with Crippen molar-refractivity contribution in [2.45, 2.75) is 26.2 Å². The van der Waals surface area contributed by atoms with Crippen molar-refractivity contribution in [1.29, 1.82) is 0 Å². The molecule has 3 aromatic heterocycles. The zero-order valence-electron chi connectivity index (χ0n) is 36.9. The van der Waals surface area contributed by atoms with Gasteiger partial charge in [-0.3, -0.25) is 0 Å². The summed E-state index contributed by atoms with van der Waals surface area (Å²) in [5.74, 6) is 0. The molecule has 12 aromatic rings. The Morgan fingerprint density at radius 3 is 0.754 bits per heavy atom. The molecule has 0 radical (unpaired) electrons. The van der Waals surface area contributed by atoms with Crippen molar-refractivity contribution in [3.63, 3.8) is 0 Å². The van der Waals surface area contributed by atoms with Gasteiger partial charge in [-0.15, -0.1) is 0 Å². The van der Waals surface area contributed by atoms with Gasteiger partial charge in [0, 0.05) is 53.9 Å². The van der Waals surface area contributed by atoms with E-state index in [1.54, 1.807) is 0 Å². The molecule has 0 spiro atoms. The number of hydrogen-bond donors (Lipinski definition) is 0. The summed E-state index contributed by atoms with van der Waals surface area (Å²) in [5, 5.41) is 10.4. The summed E-state index contributed by atoms with van der Waals surface area (Å²) < 4.78 is 15.4. The average Bonchev–Trinajstić information content (AvgIpc) is 3.98. The van der Waals surface area contributed by atoms with Crippen molar-refractivity contribution >= 4 is 108 Å². The molecule has 12 rings (SSSR count). The van der Waals surface area contributed by atoms with Crippen LogP contribution in [0.5, 0.6) is 0 Å². The number of hydrogen-bond acceptors (Lipinski definition) is 1. The highest BCUT2D eigenvalue weighted by Gasteiger charge is 2.36. The zero-order chi connectivity index (χ0) is 44.3. The molecule has 0 fully saturated rings. The van der Waals surface area contributed by atoms with Gasteiger partial charge < -0.3 is 17.8 Å². The third-order valence-electron chi connectivity index (χ3n) is 13.0. The van der Waals surface area contributed by atoms with E-state index in [0.717, 1.165) is 4.47 Å². The van der Waals surface area contributed by atoms with Crippen molar-refractivity contribution < 1.29 is 4.12 Å². The fourth-order valence-corrected chi connectivity index (χ4v) is 18.2. The highest BCUT2D eigenvalue weighted by molar-refractivity contribution is 9.10. The first-order chi connectivity index (χ1) is 31.7. The minimum atomic E-state index is -2.20. The van der Waals surface area contributed by atoms with Gasteiger partial charge in [-0.05, 0) is 121 Å². The molecule has 0 bridgehead atoms. The fourth-order valence-electron chi connectivity index (χ4n) is 9.97. The average molecular weight is 939 g/mol. The van der Waals surface area contributed by atoms with Crippen molar-refractivity contribution in [3.05, 3.63) is 223 Å². The molecule has 0 aliphatic heterocycles. The summed E-state index contributed by atoms with van der Waals surface area (Å²) >= 11 is 3.50. The van der Waals surface area contributed by atoms with Gasteiger partial charge in [-0.1, -0.05) is 149 Å². The Balaban J connectivity index is 0.000000194. The van der Waals surface area contributed by atoms with E-state index in [4.69, 9.17) is 4.12 Å². The molecule has 316 valence electrons.